The van der Waals surface area contributed by atoms with E-state index in [1.165, 1.54) is 17.0 Å². The van der Waals surface area contributed by atoms with Crippen molar-refractivity contribution in [2.45, 2.75) is 52.2 Å². The van der Waals surface area contributed by atoms with Crippen molar-refractivity contribution in [3.8, 4) is 0 Å². The summed E-state index contributed by atoms with van der Waals surface area (Å²) in [5, 5.41) is 3.10. The van der Waals surface area contributed by atoms with Gasteiger partial charge in [0.2, 0.25) is 11.8 Å². The number of rotatable bonds is 8. The molecule has 2 amide bonds. The molecule has 0 aliphatic heterocycles. The second-order valence-electron chi connectivity index (χ2n) is 7.02. The first-order chi connectivity index (χ1) is 13.7. The molecule has 0 radical (unpaired) electrons. The van der Waals surface area contributed by atoms with Crippen LogP contribution in [0.15, 0.2) is 46.9 Å². The molecule has 0 bridgehead atoms. The lowest BCUT2D eigenvalue weighted by molar-refractivity contribution is -0.140. The number of hydrogen-bond acceptors (Lipinski definition) is 2. The molecule has 0 fully saturated rings. The molecule has 156 valence electrons. The fourth-order valence-electron chi connectivity index (χ4n) is 2.83. The van der Waals surface area contributed by atoms with Crippen molar-refractivity contribution < 1.29 is 14.0 Å². The molecule has 0 saturated carbocycles. The van der Waals surface area contributed by atoms with Crippen LogP contribution in [0.25, 0.3) is 0 Å². The zero-order chi connectivity index (χ0) is 21.6. The molecule has 0 aromatic heterocycles. The molecule has 0 heterocycles. The van der Waals surface area contributed by atoms with Gasteiger partial charge in [-0.25, -0.2) is 4.39 Å². The van der Waals surface area contributed by atoms with Crippen LogP contribution in [0.4, 0.5) is 4.39 Å². The van der Waals surface area contributed by atoms with Crippen LogP contribution in [-0.2, 0) is 22.6 Å². The standard InChI is InChI=1S/C22H25BrClFN2O2/c1-4-14(2)26-22(29)15(3)27(13-16-7-5-8-17(23)11-16)21(28)12-18-19(24)9-6-10-20(18)25/h5-11,14-15H,4,12-13H2,1-3H3,(H,26,29)/t14-,15-/m0/s1. The molecule has 0 spiro atoms. The van der Waals surface area contributed by atoms with Crippen LogP contribution in [0.3, 0.4) is 0 Å². The molecular weight excluding hydrogens is 459 g/mol. The van der Waals surface area contributed by atoms with Gasteiger partial charge < -0.3 is 10.2 Å². The zero-order valence-corrected chi connectivity index (χ0v) is 19.1. The van der Waals surface area contributed by atoms with Crippen LogP contribution < -0.4 is 5.32 Å². The van der Waals surface area contributed by atoms with E-state index >= 15 is 0 Å². The summed E-state index contributed by atoms with van der Waals surface area (Å²) in [6.45, 7) is 5.78. The minimum atomic E-state index is -0.721. The predicted octanol–water partition coefficient (Wildman–Crippen LogP) is 5.12. The van der Waals surface area contributed by atoms with Gasteiger partial charge >= 0.3 is 0 Å². The highest BCUT2D eigenvalue weighted by Gasteiger charge is 2.28. The number of nitrogens with zero attached hydrogens (tertiary/aromatic N) is 1. The van der Waals surface area contributed by atoms with E-state index < -0.39 is 11.9 Å². The van der Waals surface area contributed by atoms with Crippen molar-refractivity contribution in [3.63, 3.8) is 0 Å². The van der Waals surface area contributed by atoms with E-state index in [-0.39, 0.29) is 41.4 Å². The van der Waals surface area contributed by atoms with E-state index in [1.54, 1.807) is 13.0 Å². The molecular formula is C22H25BrClFN2O2. The maximum atomic E-state index is 14.2. The van der Waals surface area contributed by atoms with Gasteiger partial charge in [-0.15, -0.1) is 0 Å². The van der Waals surface area contributed by atoms with Crippen molar-refractivity contribution in [1.82, 2.24) is 10.2 Å². The molecule has 0 aliphatic carbocycles. The molecule has 2 rings (SSSR count). The Morgan fingerprint density at radius 3 is 2.52 bits per heavy atom. The third kappa shape index (κ3) is 6.54. The first-order valence-corrected chi connectivity index (χ1v) is 10.7. The van der Waals surface area contributed by atoms with Crippen LogP contribution >= 0.6 is 27.5 Å². The second-order valence-corrected chi connectivity index (χ2v) is 8.35. The quantitative estimate of drug-likeness (QED) is 0.567. The Morgan fingerprint density at radius 1 is 1.21 bits per heavy atom. The second kappa shape index (κ2) is 10.7. The van der Waals surface area contributed by atoms with Crippen LogP contribution in [0.2, 0.25) is 5.02 Å². The van der Waals surface area contributed by atoms with Gasteiger partial charge in [-0.2, -0.15) is 0 Å². The molecule has 1 N–H and O–H groups in total. The highest BCUT2D eigenvalue weighted by Crippen LogP contribution is 2.22. The van der Waals surface area contributed by atoms with Gasteiger partial charge in [0.15, 0.2) is 0 Å². The van der Waals surface area contributed by atoms with Crippen molar-refractivity contribution >= 4 is 39.3 Å². The highest BCUT2D eigenvalue weighted by atomic mass is 79.9. The summed E-state index contributed by atoms with van der Waals surface area (Å²) in [4.78, 5) is 27.3. The molecule has 2 atom stereocenters. The van der Waals surface area contributed by atoms with E-state index in [1.807, 2.05) is 38.1 Å². The normalized spacial score (nSPS) is 12.9. The topological polar surface area (TPSA) is 49.4 Å². The van der Waals surface area contributed by atoms with Crippen molar-refractivity contribution in [3.05, 3.63) is 68.9 Å². The Kier molecular flexibility index (Phi) is 8.65. The van der Waals surface area contributed by atoms with Gasteiger partial charge in [-0.3, -0.25) is 9.59 Å². The number of carbonyl (C=O) groups excluding carboxylic acids is 2. The smallest absolute Gasteiger partial charge is 0.242 e. The lowest BCUT2D eigenvalue weighted by atomic mass is 10.1. The van der Waals surface area contributed by atoms with Gasteiger partial charge in [0.05, 0.1) is 6.42 Å². The van der Waals surface area contributed by atoms with Crippen molar-refractivity contribution in [1.29, 1.82) is 0 Å². The Labute approximate surface area is 184 Å². The number of amides is 2. The number of halogens is 3. The number of hydrogen-bond donors (Lipinski definition) is 1. The number of benzene rings is 2. The molecule has 29 heavy (non-hydrogen) atoms. The molecule has 0 saturated heterocycles. The van der Waals surface area contributed by atoms with Gasteiger partial charge in [-0.1, -0.05) is 52.7 Å². The van der Waals surface area contributed by atoms with Crippen LogP contribution in [-0.4, -0.2) is 28.8 Å². The number of carbonyl (C=O) groups is 2. The summed E-state index contributed by atoms with van der Waals surface area (Å²) in [6, 6.07) is 11.1. The fraction of sp³-hybridized carbons (Fsp3) is 0.364. The Hall–Kier alpha value is -1.92. The first-order valence-electron chi connectivity index (χ1n) is 9.50. The summed E-state index contributed by atoms with van der Waals surface area (Å²) in [6.07, 6.45) is 0.559. The lowest BCUT2D eigenvalue weighted by Gasteiger charge is -2.30. The Morgan fingerprint density at radius 2 is 1.90 bits per heavy atom. The summed E-state index contributed by atoms with van der Waals surface area (Å²) in [5.41, 5.74) is 0.989. The molecule has 7 heteroatoms. The minimum Gasteiger partial charge on any atom is -0.352 e. The number of nitrogens with one attached hydrogen (secondary N) is 1. The molecule has 0 unspecified atom stereocenters. The van der Waals surface area contributed by atoms with Crippen molar-refractivity contribution in [2.24, 2.45) is 0 Å². The monoisotopic (exact) mass is 482 g/mol. The summed E-state index contributed by atoms with van der Waals surface area (Å²) < 4.78 is 15.1. The van der Waals surface area contributed by atoms with E-state index in [2.05, 4.69) is 21.2 Å². The minimum absolute atomic E-state index is 0.00576. The zero-order valence-electron chi connectivity index (χ0n) is 16.7. The summed E-state index contributed by atoms with van der Waals surface area (Å²) in [7, 11) is 0. The van der Waals surface area contributed by atoms with Gasteiger partial charge in [-0.05, 0) is 50.1 Å². The van der Waals surface area contributed by atoms with E-state index in [0.29, 0.717) is 0 Å². The summed E-state index contributed by atoms with van der Waals surface area (Å²) in [5.74, 6) is -1.16. The maximum Gasteiger partial charge on any atom is 0.242 e. The average Bonchev–Trinajstić information content (AvgIpc) is 2.68. The third-order valence-electron chi connectivity index (χ3n) is 4.80. The predicted molar refractivity (Wildman–Crippen MR) is 117 cm³/mol. The van der Waals surface area contributed by atoms with Gasteiger partial charge in [0.1, 0.15) is 11.9 Å². The van der Waals surface area contributed by atoms with Crippen LogP contribution in [0.1, 0.15) is 38.3 Å². The highest BCUT2D eigenvalue weighted by molar-refractivity contribution is 9.10. The molecule has 2 aromatic rings. The van der Waals surface area contributed by atoms with E-state index in [0.717, 1.165) is 16.5 Å². The van der Waals surface area contributed by atoms with Gasteiger partial charge in [0.25, 0.3) is 0 Å². The largest absolute Gasteiger partial charge is 0.352 e. The third-order valence-corrected chi connectivity index (χ3v) is 5.65. The van der Waals surface area contributed by atoms with Gasteiger partial charge in [0, 0.05) is 27.6 Å². The Bertz CT molecular complexity index is 857. The van der Waals surface area contributed by atoms with E-state index in [9.17, 15) is 14.0 Å². The summed E-state index contributed by atoms with van der Waals surface area (Å²) >= 11 is 9.51. The molecule has 4 nitrogen and oxygen atoms in total. The van der Waals surface area contributed by atoms with Crippen LogP contribution in [0, 0.1) is 5.82 Å². The molecule has 2 aromatic carbocycles. The molecule has 0 aliphatic rings. The first kappa shape index (κ1) is 23.4. The average molecular weight is 484 g/mol. The lowest BCUT2D eigenvalue weighted by Crippen LogP contribution is -2.50. The van der Waals surface area contributed by atoms with Crippen LogP contribution in [0.5, 0.6) is 0 Å². The van der Waals surface area contributed by atoms with Crippen molar-refractivity contribution in [2.75, 3.05) is 0 Å². The fourth-order valence-corrected chi connectivity index (χ4v) is 3.51. The van der Waals surface area contributed by atoms with E-state index in [4.69, 9.17) is 11.6 Å². The SMILES string of the molecule is CC[C@H](C)NC(=O)[C@H](C)N(Cc1cccc(Br)c1)C(=O)Cc1c(F)cccc1Cl. The Balaban J connectivity index is 2.29. The maximum absolute atomic E-state index is 14.2.